The van der Waals surface area contributed by atoms with Crippen LogP contribution in [0.5, 0.6) is 0 Å². The largest absolute Gasteiger partial charge is 0.393 e. The number of rotatable bonds is 18. The zero-order valence-electron chi connectivity index (χ0n) is 16.6. The molecule has 0 spiro atoms. The second-order valence-electron chi connectivity index (χ2n) is 7.48. The summed E-state index contributed by atoms with van der Waals surface area (Å²) in [7, 11) is -4.01. The van der Waals surface area contributed by atoms with Gasteiger partial charge in [-0.05, 0) is 25.7 Å². The average Bonchev–Trinajstić information content (AvgIpc) is 2.55. The normalized spacial score (nSPS) is 14.6. The lowest BCUT2D eigenvalue weighted by molar-refractivity contribution is 0.147. The van der Waals surface area contributed by atoms with Gasteiger partial charge < -0.3 is 5.11 Å². The second-order valence-corrected chi connectivity index (χ2v) is 9.18. The number of aliphatic hydroxyl groups is 1. The molecule has 0 saturated heterocycles. The van der Waals surface area contributed by atoms with E-state index in [1.54, 1.807) is 0 Å². The van der Waals surface area contributed by atoms with Crippen molar-refractivity contribution in [3.63, 3.8) is 0 Å². The van der Waals surface area contributed by atoms with Gasteiger partial charge in [-0.25, -0.2) is 0 Å². The summed E-state index contributed by atoms with van der Waals surface area (Å²) in [6.45, 7) is 4.37. The van der Waals surface area contributed by atoms with Crippen molar-refractivity contribution in [1.29, 1.82) is 0 Å². The molecule has 4 nitrogen and oxygen atoms in total. The van der Waals surface area contributed by atoms with E-state index in [2.05, 4.69) is 13.8 Å². The Morgan fingerprint density at radius 2 is 1.08 bits per heavy atom. The monoisotopic (exact) mass is 378 g/mol. The molecule has 0 aliphatic rings. The van der Waals surface area contributed by atoms with Gasteiger partial charge in [-0.2, -0.15) is 8.42 Å². The first-order valence-electron chi connectivity index (χ1n) is 10.6. The highest BCUT2D eigenvalue weighted by Gasteiger charge is 2.23. The molecule has 0 radical (unpaired) electrons. The Balaban J connectivity index is 3.92. The molecule has 2 atom stereocenters. The molecule has 5 heteroatoms. The average molecular weight is 379 g/mol. The third-order valence-corrected chi connectivity index (χ3v) is 6.33. The summed E-state index contributed by atoms with van der Waals surface area (Å²) < 4.78 is 32.5. The van der Waals surface area contributed by atoms with Gasteiger partial charge in [-0.15, -0.1) is 0 Å². The number of unbranched alkanes of at least 4 members (excludes halogenated alkanes) is 10. The van der Waals surface area contributed by atoms with Gasteiger partial charge in [0, 0.05) is 0 Å². The van der Waals surface area contributed by atoms with E-state index >= 15 is 0 Å². The minimum absolute atomic E-state index is 0.366. The minimum atomic E-state index is -4.01. The van der Waals surface area contributed by atoms with E-state index < -0.39 is 21.5 Å². The van der Waals surface area contributed by atoms with E-state index in [1.165, 1.54) is 44.9 Å². The Kier molecular flexibility index (Phi) is 16.0. The SMILES string of the molecule is CCCCCCCCCC(CCC(O)CCCCCCC)S(=O)(=O)O. The smallest absolute Gasteiger partial charge is 0.267 e. The van der Waals surface area contributed by atoms with E-state index in [9.17, 15) is 18.1 Å². The number of hydrogen-bond donors (Lipinski definition) is 2. The van der Waals surface area contributed by atoms with Crippen LogP contribution in [0.15, 0.2) is 0 Å². The summed E-state index contributed by atoms with van der Waals surface area (Å²) in [5.41, 5.74) is 0. The van der Waals surface area contributed by atoms with Gasteiger partial charge in [0.1, 0.15) is 0 Å². The molecule has 25 heavy (non-hydrogen) atoms. The van der Waals surface area contributed by atoms with E-state index in [0.717, 1.165) is 38.5 Å². The summed E-state index contributed by atoms with van der Waals surface area (Å²) >= 11 is 0. The van der Waals surface area contributed by atoms with E-state index in [0.29, 0.717) is 19.3 Å². The van der Waals surface area contributed by atoms with E-state index in [4.69, 9.17) is 0 Å². The lowest BCUT2D eigenvalue weighted by Crippen LogP contribution is -2.22. The molecule has 2 unspecified atom stereocenters. The van der Waals surface area contributed by atoms with Crippen LogP contribution in [0.4, 0.5) is 0 Å². The highest BCUT2D eigenvalue weighted by Crippen LogP contribution is 2.19. The maximum atomic E-state index is 11.6. The van der Waals surface area contributed by atoms with Crippen molar-refractivity contribution in [2.24, 2.45) is 0 Å². The number of aliphatic hydroxyl groups excluding tert-OH is 1. The Hall–Kier alpha value is -0.130. The van der Waals surface area contributed by atoms with Crippen molar-refractivity contribution in [2.75, 3.05) is 0 Å². The fourth-order valence-electron chi connectivity index (χ4n) is 3.28. The van der Waals surface area contributed by atoms with Gasteiger partial charge in [0.2, 0.25) is 0 Å². The molecular formula is C20H42O4S. The van der Waals surface area contributed by atoms with Crippen LogP contribution in [0.2, 0.25) is 0 Å². The Morgan fingerprint density at radius 1 is 0.640 bits per heavy atom. The summed E-state index contributed by atoms with van der Waals surface area (Å²) in [6, 6.07) is 0. The van der Waals surface area contributed by atoms with Crippen molar-refractivity contribution in [1.82, 2.24) is 0 Å². The van der Waals surface area contributed by atoms with Crippen LogP contribution in [0.3, 0.4) is 0 Å². The van der Waals surface area contributed by atoms with Crippen molar-refractivity contribution in [3.8, 4) is 0 Å². The molecule has 0 fully saturated rings. The van der Waals surface area contributed by atoms with Crippen LogP contribution in [0, 0.1) is 0 Å². The quantitative estimate of drug-likeness (QED) is 0.230. The Morgan fingerprint density at radius 3 is 1.56 bits per heavy atom. The summed E-state index contributed by atoms with van der Waals surface area (Å²) in [4.78, 5) is 0. The predicted molar refractivity (Wildman–Crippen MR) is 107 cm³/mol. The van der Waals surface area contributed by atoms with Gasteiger partial charge in [0.25, 0.3) is 10.1 Å². The van der Waals surface area contributed by atoms with Gasteiger partial charge in [-0.3, -0.25) is 4.55 Å². The highest BCUT2D eigenvalue weighted by molar-refractivity contribution is 7.86. The molecule has 0 aliphatic heterocycles. The third-order valence-electron chi connectivity index (χ3n) is 5.01. The first-order valence-corrected chi connectivity index (χ1v) is 12.1. The minimum Gasteiger partial charge on any atom is -0.393 e. The van der Waals surface area contributed by atoms with Crippen LogP contribution < -0.4 is 0 Å². The first kappa shape index (κ1) is 24.9. The maximum Gasteiger partial charge on any atom is 0.267 e. The van der Waals surface area contributed by atoms with Crippen LogP contribution in [0.1, 0.15) is 117 Å². The molecule has 0 aromatic rings. The molecule has 0 saturated carbocycles. The van der Waals surface area contributed by atoms with Crippen molar-refractivity contribution in [3.05, 3.63) is 0 Å². The van der Waals surface area contributed by atoms with Crippen LogP contribution in [-0.4, -0.2) is 29.4 Å². The molecule has 0 aromatic carbocycles. The van der Waals surface area contributed by atoms with Gasteiger partial charge in [-0.1, -0.05) is 90.9 Å². The van der Waals surface area contributed by atoms with E-state index in [-0.39, 0.29) is 0 Å². The fraction of sp³-hybridized carbons (Fsp3) is 1.00. The summed E-state index contributed by atoms with van der Waals surface area (Å²) in [6.07, 6.45) is 15.4. The van der Waals surface area contributed by atoms with Crippen molar-refractivity contribution < 1.29 is 18.1 Å². The van der Waals surface area contributed by atoms with Gasteiger partial charge in [0.15, 0.2) is 0 Å². The Labute approximate surface area is 156 Å². The van der Waals surface area contributed by atoms with Gasteiger partial charge >= 0.3 is 0 Å². The third kappa shape index (κ3) is 15.8. The topological polar surface area (TPSA) is 74.6 Å². The Bertz CT molecular complexity index is 381. The maximum absolute atomic E-state index is 11.6. The molecule has 2 N–H and O–H groups in total. The standard InChI is InChI=1S/C20H42O4S/c1-3-5-7-9-10-12-14-16-20(25(22,23)24)18-17-19(21)15-13-11-8-6-4-2/h19-21H,3-18H2,1-2H3,(H,22,23,24). The molecule has 0 amide bonds. The first-order chi connectivity index (χ1) is 11.9. The highest BCUT2D eigenvalue weighted by atomic mass is 32.2. The zero-order chi connectivity index (χ0) is 19.0. The molecule has 0 bridgehead atoms. The lowest BCUT2D eigenvalue weighted by atomic mass is 10.0. The fourth-order valence-corrected chi connectivity index (χ4v) is 4.18. The molecule has 0 aromatic heterocycles. The molecule has 0 heterocycles. The summed E-state index contributed by atoms with van der Waals surface area (Å²) in [5.74, 6) is 0. The molecule has 0 rings (SSSR count). The van der Waals surface area contributed by atoms with Crippen LogP contribution in [-0.2, 0) is 10.1 Å². The molecule has 0 aliphatic carbocycles. The summed E-state index contributed by atoms with van der Waals surface area (Å²) in [5, 5.41) is 9.33. The second kappa shape index (κ2) is 16.1. The number of hydrogen-bond acceptors (Lipinski definition) is 3. The molecular weight excluding hydrogens is 336 g/mol. The molecule has 152 valence electrons. The van der Waals surface area contributed by atoms with Crippen LogP contribution in [0.25, 0.3) is 0 Å². The lowest BCUT2D eigenvalue weighted by Gasteiger charge is -2.16. The van der Waals surface area contributed by atoms with Crippen LogP contribution >= 0.6 is 0 Å². The van der Waals surface area contributed by atoms with Crippen molar-refractivity contribution >= 4 is 10.1 Å². The van der Waals surface area contributed by atoms with Gasteiger partial charge in [0.05, 0.1) is 11.4 Å². The predicted octanol–water partition coefficient (Wildman–Crippen LogP) is 5.89. The van der Waals surface area contributed by atoms with Crippen molar-refractivity contribution in [2.45, 2.75) is 128 Å². The zero-order valence-corrected chi connectivity index (χ0v) is 17.4. The van der Waals surface area contributed by atoms with E-state index in [1.807, 2.05) is 0 Å².